The Balaban J connectivity index is 2.53. The summed E-state index contributed by atoms with van der Waals surface area (Å²) in [6.45, 7) is 9.55. The summed E-state index contributed by atoms with van der Waals surface area (Å²) in [5.41, 5.74) is 1.02. The van der Waals surface area contributed by atoms with Crippen LogP contribution in [0.15, 0.2) is 41.8 Å². The van der Waals surface area contributed by atoms with Crippen molar-refractivity contribution in [3.05, 3.63) is 42.5 Å². The molecule has 0 aliphatic carbocycles. The van der Waals surface area contributed by atoms with E-state index < -0.39 is 10.1 Å². The van der Waals surface area contributed by atoms with Gasteiger partial charge in [-0.15, -0.1) is 6.58 Å². The van der Waals surface area contributed by atoms with E-state index in [1.165, 1.54) is 0 Å². The molecule has 0 radical (unpaired) electrons. The van der Waals surface area contributed by atoms with Gasteiger partial charge < -0.3 is 0 Å². The van der Waals surface area contributed by atoms with E-state index in [0.29, 0.717) is 5.92 Å². The van der Waals surface area contributed by atoms with E-state index in [2.05, 4.69) is 13.5 Å². The highest BCUT2D eigenvalue weighted by molar-refractivity contribution is 7.86. The van der Waals surface area contributed by atoms with Crippen LogP contribution in [0.25, 0.3) is 0 Å². The lowest BCUT2D eigenvalue weighted by Crippen LogP contribution is -2.15. The van der Waals surface area contributed by atoms with Crippen molar-refractivity contribution in [1.29, 1.82) is 0 Å². The minimum absolute atomic E-state index is 0.217. The summed E-state index contributed by atoms with van der Waals surface area (Å²) >= 11 is 0. The van der Waals surface area contributed by atoms with Gasteiger partial charge in [0.2, 0.25) is 0 Å². The van der Waals surface area contributed by atoms with Crippen LogP contribution in [0.5, 0.6) is 0 Å². The van der Waals surface area contributed by atoms with Crippen molar-refractivity contribution < 1.29 is 12.6 Å². The van der Waals surface area contributed by atoms with Crippen molar-refractivity contribution in [2.75, 3.05) is 0 Å². The standard InChI is InChI=1S/C16H24O3S/c1-5-13(2)7-6-8-15(4)19-20(17,18)16-11-9-14(3)10-12-16/h5,9-13,15H,1,6-8H2,2-4H3/t13?,15-/m0/s1. The van der Waals surface area contributed by atoms with Crippen molar-refractivity contribution in [3.8, 4) is 0 Å². The molecule has 4 heteroatoms. The van der Waals surface area contributed by atoms with Crippen LogP contribution in [0, 0.1) is 12.8 Å². The summed E-state index contributed by atoms with van der Waals surface area (Å²) in [6.07, 6.45) is 4.26. The van der Waals surface area contributed by atoms with Gasteiger partial charge in [0.25, 0.3) is 10.1 Å². The maximum atomic E-state index is 12.1. The molecule has 0 fully saturated rings. The molecule has 1 rings (SSSR count). The molecule has 0 aliphatic heterocycles. The predicted octanol–water partition coefficient (Wildman–Crippen LogP) is 4.08. The first-order valence-corrected chi connectivity index (χ1v) is 8.38. The molecular weight excluding hydrogens is 272 g/mol. The summed E-state index contributed by atoms with van der Waals surface area (Å²) in [4.78, 5) is 0.217. The molecule has 1 unspecified atom stereocenters. The van der Waals surface area contributed by atoms with Gasteiger partial charge in [0.15, 0.2) is 0 Å². The molecule has 0 bridgehead atoms. The summed E-state index contributed by atoms with van der Waals surface area (Å²) in [5, 5.41) is 0. The fourth-order valence-corrected chi connectivity index (χ4v) is 2.98. The topological polar surface area (TPSA) is 43.4 Å². The van der Waals surface area contributed by atoms with Gasteiger partial charge in [0.05, 0.1) is 11.0 Å². The van der Waals surface area contributed by atoms with E-state index >= 15 is 0 Å². The number of aryl methyl sites for hydroxylation is 1. The number of benzene rings is 1. The van der Waals surface area contributed by atoms with Crippen LogP contribution in [-0.4, -0.2) is 14.5 Å². The largest absolute Gasteiger partial charge is 0.297 e. The third-order valence-corrected chi connectivity index (χ3v) is 4.70. The summed E-state index contributed by atoms with van der Waals surface area (Å²) in [7, 11) is -3.65. The molecular formula is C16H24O3S. The molecule has 3 nitrogen and oxygen atoms in total. The first-order chi connectivity index (χ1) is 9.35. The van der Waals surface area contributed by atoms with Crippen LogP contribution in [0.2, 0.25) is 0 Å². The Morgan fingerprint density at radius 2 is 1.80 bits per heavy atom. The maximum absolute atomic E-state index is 12.1. The Morgan fingerprint density at radius 3 is 2.35 bits per heavy atom. The van der Waals surface area contributed by atoms with E-state index in [4.69, 9.17) is 4.18 Å². The lowest BCUT2D eigenvalue weighted by molar-refractivity contribution is 0.212. The molecule has 0 spiro atoms. The lowest BCUT2D eigenvalue weighted by Gasteiger charge is -2.14. The molecule has 112 valence electrons. The van der Waals surface area contributed by atoms with Crippen LogP contribution < -0.4 is 0 Å². The quantitative estimate of drug-likeness (QED) is 0.536. The molecule has 0 saturated carbocycles. The number of hydrogen-bond donors (Lipinski definition) is 0. The summed E-state index contributed by atoms with van der Waals surface area (Å²) in [6, 6.07) is 6.70. The average molecular weight is 296 g/mol. The fraction of sp³-hybridized carbons (Fsp3) is 0.500. The third kappa shape index (κ3) is 5.47. The second-order valence-corrected chi connectivity index (χ2v) is 6.89. The van der Waals surface area contributed by atoms with Crippen molar-refractivity contribution in [2.24, 2.45) is 5.92 Å². The van der Waals surface area contributed by atoms with Gasteiger partial charge in [-0.25, -0.2) is 0 Å². The molecule has 0 aliphatic rings. The minimum Gasteiger partial charge on any atom is -0.263 e. The molecule has 1 aromatic rings. The highest BCUT2D eigenvalue weighted by Gasteiger charge is 2.18. The molecule has 20 heavy (non-hydrogen) atoms. The average Bonchev–Trinajstić information content (AvgIpc) is 2.38. The van der Waals surface area contributed by atoms with Crippen molar-refractivity contribution in [1.82, 2.24) is 0 Å². The van der Waals surface area contributed by atoms with E-state index in [1.807, 2.05) is 13.0 Å². The fourth-order valence-electron chi connectivity index (χ4n) is 1.87. The molecule has 0 N–H and O–H groups in total. The van der Waals surface area contributed by atoms with Gasteiger partial charge in [-0.1, -0.05) is 37.1 Å². The first kappa shape index (κ1) is 16.9. The molecule has 0 saturated heterocycles. The molecule has 0 amide bonds. The van der Waals surface area contributed by atoms with Crippen LogP contribution >= 0.6 is 0 Å². The zero-order chi connectivity index (χ0) is 15.2. The van der Waals surface area contributed by atoms with Crippen LogP contribution in [0.3, 0.4) is 0 Å². The first-order valence-electron chi connectivity index (χ1n) is 6.97. The Bertz CT molecular complexity index is 517. The normalized spacial score (nSPS) is 14.8. The second kappa shape index (κ2) is 7.60. The highest BCUT2D eigenvalue weighted by atomic mass is 32.2. The van der Waals surface area contributed by atoms with Crippen LogP contribution in [-0.2, 0) is 14.3 Å². The molecule has 2 atom stereocenters. The van der Waals surface area contributed by atoms with Gasteiger partial charge in [0.1, 0.15) is 0 Å². The van der Waals surface area contributed by atoms with Gasteiger partial charge in [-0.2, -0.15) is 8.42 Å². The van der Waals surface area contributed by atoms with Crippen LogP contribution in [0.1, 0.15) is 38.7 Å². The van der Waals surface area contributed by atoms with Gasteiger partial charge in [0, 0.05) is 0 Å². The smallest absolute Gasteiger partial charge is 0.263 e. The summed E-state index contributed by atoms with van der Waals surface area (Å²) < 4.78 is 29.4. The second-order valence-electron chi connectivity index (χ2n) is 5.32. The SMILES string of the molecule is C=CC(C)CCC[C@H](C)OS(=O)(=O)c1ccc(C)cc1. The third-order valence-electron chi connectivity index (χ3n) is 3.27. The maximum Gasteiger partial charge on any atom is 0.297 e. The van der Waals surface area contributed by atoms with Gasteiger partial charge in [-0.05, 0) is 44.7 Å². The molecule has 1 aromatic carbocycles. The van der Waals surface area contributed by atoms with E-state index in [1.54, 1.807) is 31.2 Å². The number of rotatable bonds is 8. The van der Waals surface area contributed by atoms with Gasteiger partial charge >= 0.3 is 0 Å². The monoisotopic (exact) mass is 296 g/mol. The Labute approximate surface area is 122 Å². The van der Waals surface area contributed by atoms with Crippen molar-refractivity contribution in [3.63, 3.8) is 0 Å². The summed E-state index contributed by atoms with van der Waals surface area (Å²) in [5.74, 6) is 0.455. The van der Waals surface area contributed by atoms with E-state index in [9.17, 15) is 8.42 Å². The lowest BCUT2D eigenvalue weighted by atomic mass is 10.0. The Morgan fingerprint density at radius 1 is 1.20 bits per heavy atom. The van der Waals surface area contributed by atoms with E-state index in [0.717, 1.165) is 24.8 Å². The molecule has 0 heterocycles. The minimum atomic E-state index is -3.65. The zero-order valence-corrected chi connectivity index (χ0v) is 13.3. The van der Waals surface area contributed by atoms with E-state index in [-0.39, 0.29) is 11.0 Å². The number of hydrogen-bond acceptors (Lipinski definition) is 3. The zero-order valence-electron chi connectivity index (χ0n) is 12.5. The van der Waals surface area contributed by atoms with Gasteiger partial charge in [-0.3, -0.25) is 4.18 Å². The Hall–Kier alpha value is -1.13. The highest BCUT2D eigenvalue weighted by Crippen LogP contribution is 2.18. The predicted molar refractivity (Wildman–Crippen MR) is 82.1 cm³/mol. The van der Waals surface area contributed by atoms with Crippen molar-refractivity contribution in [2.45, 2.75) is 51.0 Å². The molecule has 0 aromatic heterocycles. The van der Waals surface area contributed by atoms with Crippen LogP contribution in [0.4, 0.5) is 0 Å². The van der Waals surface area contributed by atoms with Crippen molar-refractivity contribution >= 4 is 10.1 Å². The number of allylic oxidation sites excluding steroid dienone is 1. The Kier molecular flexibility index (Phi) is 6.43.